The molecule has 0 bridgehead atoms. The zero-order chi connectivity index (χ0) is 15.7. The van der Waals surface area contributed by atoms with Gasteiger partial charge in [0.2, 0.25) is 5.91 Å². The minimum atomic E-state index is -0.298. The number of nitrogens with one attached hydrogen (secondary N) is 2. The van der Waals surface area contributed by atoms with Gasteiger partial charge in [0.25, 0.3) is 0 Å². The van der Waals surface area contributed by atoms with Crippen molar-refractivity contribution in [2.75, 3.05) is 27.2 Å². The van der Waals surface area contributed by atoms with E-state index in [4.69, 9.17) is 0 Å². The van der Waals surface area contributed by atoms with Gasteiger partial charge >= 0.3 is 0 Å². The van der Waals surface area contributed by atoms with Crippen LogP contribution in [-0.4, -0.2) is 44.0 Å². The van der Waals surface area contributed by atoms with Gasteiger partial charge in [0.1, 0.15) is 5.82 Å². The second-order valence-electron chi connectivity index (χ2n) is 4.57. The summed E-state index contributed by atoms with van der Waals surface area (Å²) in [6.45, 7) is 4.42. The first kappa shape index (κ1) is 16.7. The fourth-order valence-corrected chi connectivity index (χ4v) is 1.45. The Hall–Kier alpha value is -2.37. The normalized spacial score (nSPS) is 10.9. The Morgan fingerprint density at radius 1 is 1.38 bits per heavy atom. The molecule has 0 heterocycles. The lowest BCUT2D eigenvalue weighted by molar-refractivity contribution is -0.127. The van der Waals surface area contributed by atoms with Crippen LogP contribution in [0.3, 0.4) is 0 Å². The van der Waals surface area contributed by atoms with Crippen LogP contribution in [0.25, 0.3) is 0 Å². The van der Waals surface area contributed by atoms with E-state index in [1.54, 1.807) is 38.4 Å². The van der Waals surface area contributed by atoms with Gasteiger partial charge in [-0.3, -0.25) is 4.79 Å². The highest BCUT2D eigenvalue weighted by molar-refractivity contribution is 5.86. The molecule has 2 N–H and O–H groups in total. The lowest BCUT2D eigenvalue weighted by atomic mass is 10.2. The molecule has 0 aromatic heterocycles. The zero-order valence-electron chi connectivity index (χ0n) is 12.4. The molecule has 0 radical (unpaired) electrons. The summed E-state index contributed by atoms with van der Waals surface area (Å²) in [5, 5.41) is 5.88. The van der Waals surface area contributed by atoms with E-state index in [1.165, 1.54) is 11.0 Å². The molecular weight excluding hydrogens is 271 g/mol. The van der Waals surface area contributed by atoms with E-state index in [9.17, 15) is 9.18 Å². The first-order chi connectivity index (χ1) is 10.0. The molecule has 21 heavy (non-hydrogen) atoms. The molecule has 1 rings (SSSR count). The van der Waals surface area contributed by atoms with Gasteiger partial charge in [-0.2, -0.15) is 0 Å². The van der Waals surface area contributed by atoms with Crippen molar-refractivity contribution in [3.05, 3.63) is 48.3 Å². The molecule has 0 aliphatic heterocycles. The molecule has 0 aliphatic carbocycles. The Bertz CT molecular complexity index is 514. The predicted molar refractivity (Wildman–Crippen MR) is 82.4 cm³/mol. The number of carbonyl (C=O) groups is 1. The number of hydrogen-bond acceptors (Lipinski definition) is 2. The van der Waals surface area contributed by atoms with Gasteiger partial charge in [-0.1, -0.05) is 24.3 Å². The number of rotatable bonds is 6. The molecule has 6 heteroatoms. The summed E-state index contributed by atoms with van der Waals surface area (Å²) >= 11 is 0. The molecule has 0 saturated heterocycles. The second kappa shape index (κ2) is 8.73. The van der Waals surface area contributed by atoms with Crippen LogP contribution in [0.5, 0.6) is 0 Å². The average molecular weight is 292 g/mol. The van der Waals surface area contributed by atoms with Crippen LogP contribution in [0.1, 0.15) is 5.56 Å². The second-order valence-corrected chi connectivity index (χ2v) is 4.57. The Kier molecular flexibility index (Phi) is 6.94. The van der Waals surface area contributed by atoms with E-state index < -0.39 is 0 Å². The van der Waals surface area contributed by atoms with E-state index in [0.717, 1.165) is 0 Å². The molecule has 114 valence electrons. The zero-order valence-corrected chi connectivity index (χ0v) is 12.4. The van der Waals surface area contributed by atoms with Crippen LogP contribution < -0.4 is 10.6 Å². The van der Waals surface area contributed by atoms with Gasteiger partial charge < -0.3 is 15.5 Å². The maximum Gasteiger partial charge on any atom is 0.241 e. The summed E-state index contributed by atoms with van der Waals surface area (Å²) in [7, 11) is 3.36. The van der Waals surface area contributed by atoms with E-state index >= 15 is 0 Å². The van der Waals surface area contributed by atoms with Gasteiger partial charge in [0.05, 0.1) is 13.1 Å². The minimum absolute atomic E-state index is 0.0750. The van der Waals surface area contributed by atoms with E-state index in [2.05, 4.69) is 22.2 Å². The molecule has 0 spiro atoms. The molecule has 1 aromatic carbocycles. The van der Waals surface area contributed by atoms with E-state index in [1.807, 2.05) is 0 Å². The van der Waals surface area contributed by atoms with Crippen molar-refractivity contribution in [1.82, 2.24) is 15.5 Å². The first-order valence-corrected chi connectivity index (χ1v) is 6.61. The number of guanidine groups is 1. The number of likely N-dealkylation sites (N-methyl/N-ethyl adjacent to an activating group) is 1. The smallest absolute Gasteiger partial charge is 0.241 e. The Balaban J connectivity index is 2.67. The summed E-state index contributed by atoms with van der Waals surface area (Å²) < 4.78 is 13.5. The fraction of sp³-hybridized carbons (Fsp3) is 0.333. The predicted octanol–water partition coefficient (Wildman–Crippen LogP) is 1.14. The molecule has 0 fully saturated rings. The Labute approximate surface area is 124 Å². The summed E-state index contributed by atoms with van der Waals surface area (Å²) in [6, 6.07) is 6.46. The maximum absolute atomic E-state index is 13.5. The van der Waals surface area contributed by atoms with Crippen molar-refractivity contribution in [3.8, 4) is 0 Å². The van der Waals surface area contributed by atoms with E-state index in [0.29, 0.717) is 18.1 Å². The molecular formula is C15H21FN4O. The third-order valence-electron chi connectivity index (χ3n) is 2.69. The van der Waals surface area contributed by atoms with Crippen molar-refractivity contribution >= 4 is 11.9 Å². The summed E-state index contributed by atoms with van der Waals surface area (Å²) in [5.74, 6) is 0.0658. The minimum Gasteiger partial charge on any atom is -0.353 e. The number of nitrogens with zero attached hydrogens (tertiary/aromatic N) is 2. The number of hydrogen-bond donors (Lipinski definition) is 2. The van der Waals surface area contributed by atoms with Crippen LogP contribution in [0.15, 0.2) is 41.9 Å². The average Bonchev–Trinajstić information content (AvgIpc) is 2.47. The van der Waals surface area contributed by atoms with Crippen LogP contribution in [-0.2, 0) is 11.3 Å². The molecule has 5 nitrogen and oxygen atoms in total. The fourth-order valence-electron chi connectivity index (χ4n) is 1.45. The number of amides is 1. The quantitative estimate of drug-likeness (QED) is 0.469. The summed E-state index contributed by atoms with van der Waals surface area (Å²) in [4.78, 5) is 17.3. The molecule has 0 atom stereocenters. The number of aliphatic imine (C=N–C) groups is 1. The largest absolute Gasteiger partial charge is 0.353 e. The third-order valence-corrected chi connectivity index (χ3v) is 2.69. The van der Waals surface area contributed by atoms with Crippen LogP contribution in [0, 0.1) is 5.82 Å². The van der Waals surface area contributed by atoms with Crippen molar-refractivity contribution < 1.29 is 9.18 Å². The lowest BCUT2D eigenvalue weighted by Crippen LogP contribution is -2.43. The molecule has 0 unspecified atom stereocenters. The van der Waals surface area contributed by atoms with Crippen molar-refractivity contribution in [3.63, 3.8) is 0 Å². The lowest BCUT2D eigenvalue weighted by Gasteiger charge is -2.14. The highest BCUT2D eigenvalue weighted by atomic mass is 19.1. The number of carbonyl (C=O) groups excluding carboxylic acids is 1. The van der Waals surface area contributed by atoms with Crippen LogP contribution in [0.4, 0.5) is 4.39 Å². The summed E-state index contributed by atoms with van der Waals surface area (Å²) in [5.41, 5.74) is 0.496. The van der Waals surface area contributed by atoms with Crippen molar-refractivity contribution in [2.45, 2.75) is 6.54 Å². The topological polar surface area (TPSA) is 56.7 Å². The molecule has 0 saturated carbocycles. The molecule has 1 aromatic rings. The van der Waals surface area contributed by atoms with E-state index in [-0.39, 0.29) is 24.8 Å². The van der Waals surface area contributed by atoms with Crippen molar-refractivity contribution in [2.24, 2.45) is 4.99 Å². The highest BCUT2D eigenvalue weighted by Gasteiger charge is 2.06. The van der Waals surface area contributed by atoms with Gasteiger partial charge in [-0.15, -0.1) is 6.58 Å². The first-order valence-electron chi connectivity index (χ1n) is 6.61. The standard InChI is InChI=1S/C15H21FN4O/c1-4-9-17-15(19-11-14(21)20(2)3)18-10-12-7-5-6-8-13(12)16/h4-8H,1,9-11H2,2-3H3,(H2,17,18,19). The van der Waals surface area contributed by atoms with Gasteiger partial charge in [0.15, 0.2) is 5.96 Å². The molecule has 1 amide bonds. The summed E-state index contributed by atoms with van der Waals surface area (Å²) in [6.07, 6.45) is 1.67. The van der Waals surface area contributed by atoms with Crippen LogP contribution >= 0.6 is 0 Å². The van der Waals surface area contributed by atoms with Gasteiger partial charge in [-0.25, -0.2) is 9.38 Å². The van der Waals surface area contributed by atoms with Gasteiger partial charge in [-0.05, 0) is 6.07 Å². The Morgan fingerprint density at radius 2 is 2.10 bits per heavy atom. The number of benzene rings is 1. The highest BCUT2D eigenvalue weighted by Crippen LogP contribution is 2.07. The van der Waals surface area contributed by atoms with Gasteiger partial charge in [0, 0.05) is 26.2 Å². The maximum atomic E-state index is 13.5. The molecule has 0 aliphatic rings. The van der Waals surface area contributed by atoms with Crippen molar-refractivity contribution in [1.29, 1.82) is 0 Å². The third kappa shape index (κ3) is 6.07. The Morgan fingerprint density at radius 3 is 2.71 bits per heavy atom. The number of halogens is 1. The monoisotopic (exact) mass is 292 g/mol. The van der Waals surface area contributed by atoms with Crippen LogP contribution in [0.2, 0.25) is 0 Å². The SMILES string of the molecule is C=CCNC(=NCc1ccccc1F)NCC(=O)N(C)C.